The molecule has 0 unspecified atom stereocenters. The van der Waals surface area contributed by atoms with Gasteiger partial charge in [0.15, 0.2) is 6.10 Å². The average Bonchev–Trinajstić information content (AvgIpc) is 2.34. The molecule has 1 aromatic carbocycles. The Labute approximate surface area is 104 Å². The summed E-state index contributed by atoms with van der Waals surface area (Å²) in [5, 5.41) is 0. The van der Waals surface area contributed by atoms with E-state index in [0.29, 0.717) is 12.4 Å². The van der Waals surface area contributed by atoms with Crippen LogP contribution in [0.15, 0.2) is 24.3 Å². The Balaban J connectivity index is 2.22. The zero-order chi connectivity index (χ0) is 12.4. The Morgan fingerprint density at radius 1 is 1.41 bits per heavy atom. The summed E-state index contributed by atoms with van der Waals surface area (Å²) in [6, 6.07) is 5.93. The van der Waals surface area contributed by atoms with Crippen LogP contribution in [-0.2, 0) is 9.53 Å². The lowest BCUT2D eigenvalue weighted by Crippen LogP contribution is -2.59. The third-order valence-corrected chi connectivity index (χ3v) is 3.11. The van der Waals surface area contributed by atoms with Crippen LogP contribution in [0.5, 0.6) is 0 Å². The molecule has 5 heteroatoms. The van der Waals surface area contributed by atoms with Crippen LogP contribution in [0, 0.1) is 5.82 Å². The number of ether oxygens (including phenoxy) is 1. The van der Waals surface area contributed by atoms with Gasteiger partial charge in [-0.2, -0.15) is 0 Å². The minimum absolute atomic E-state index is 0.0672. The van der Waals surface area contributed by atoms with E-state index in [4.69, 9.17) is 16.3 Å². The summed E-state index contributed by atoms with van der Waals surface area (Å²) in [5.41, 5.74) is 0.864. The highest BCUT2D eigenvalue weighted by Gasteiger charge is 2.47. The van der Waals surface area contributed by atoms with E-state index in [1.165, 1.54) is 19.2 Å². The van der Waals surface area contributed by atoms with E-state index in [2.05, 4.69) is 0 Å². The van der Waals surface area contributed by atoms with Crippen molar-refractivity contribution < 1.29 is 13.9 Å². The highest BCUT2D eigenvalue weighted by molar-refractivity contribution is 6.18. The number of benzene rings is 1. The molecule has 1 amide bonds. The second kappa shape index (κ2) is 5.02. The maximum absolute atomic E-state index is 12.8. The normalized spacial score (nSPS) is 23.7. The van der Waals surface area contributed by atoms with Gasteiger partial charge in [0.05, 0.1) is 6.04 Å². The second-order valence-corrected chi connectivity index (χ2v) is 4.25. The number of β-lactam (4-membered cyclic amide) rings is 1. The van der Waals surface area contributed by atoms with Gasteiger partial charge >= 0.3 is 0 Å². The number of nitrogens with zero attached hydrogens (tertiary/aromatic N) is 1. The number of hydrogen-bond acceptors (Lipinski definition) is 2. The van der Waals surface area contributed by atoms with E-state index in [1.54, 1.807) is 17.0 Å². The SMILES string of the molecule is CO[C@H]1C(=O)N(CCCl)[C@H]1c1ccc(F)cc1. The van der Waals surface area contributed by atoms with Gasteiger partial charge in [-0.3, -0.25) is 4.79 Å². The Kier molecular flexibility index (Phi) is 3.64. The summed E-state index contributed by atoms with van der Waals surface area (Å²) in [6.45, 7) is 0.474. The van der Waals surface area contributed by atoms with Crippen LogP contribution < -0.4 is 0 Å². The minimum atomic E-state index is -0.483. The number of halogens is 2. The van der Waals surface area contributed by atoms with Crippen molar-refractivity contribution in [1.29, 1.82) is 0 Å². The highest BCUT2D eigenvalue weighted by atomic mass is 35.5. The Bertz CT molecular complexity index is 409. The summed E-state index contributed by atoms with van der Waals surface area (Å²) in [4.78, 5) is 13.3. The van der Waals surface area contributed by atoms with Crippen LogP contribution in [0.4, 0.5) is 4.39 Å². The van der Waals surface area contributed by atoms with Gasteiger partial charge in [-0.25, -0.2) is 4.39 Å². The number of hydrogen-bond donors (Lipinski definition) is 0. The fraction of sp³-hybridized carbons (Fsp3) is 0.417. The van der Waals surface area contributed by atoms with Gasteiger partial charge < -0.3 is 9.64 Å². The lowest BCUT2D eigenvalue weighted by molar-refractivity contribution is -0.170. The number of carbonyl (C=O) groups is 1. The fourth-order valence-corrected chi connectivity index (χ4v) is 2.28. The van der Waals surface area contributed by atoms with Crippen molar-refractivity contribution in [3.63, 3.8) is 0 Å². The summed E-state index contributed by atoms with van der Waals surface area (Å²) in [6.07, 6.45) is -0.483. The number of rotatable bonds is 4. The van der Waals surface area contributed by atoms with Gasteiger partial charge in [0.1, 0.15) is 5.82 Å². The molecule has 1 fully saturated rings. The van der Waals surface area contributed by atoms with Crippen molar-refractivity contribution in [3.8, 4) is 0 Å². The van der Waals surface area contributed by atoms with Gasteiger partial charge in [0.2, 0.25) is 0 Å². The first-order chi connectivity index (χ1) is 8.19. The molecule has 0 aliphatic carbocycles. The largest absolute Gasteiger partial charge is 0.369 e. The lowest BCUT2D eigenvalue weighted by Gasteiger charge is -2.46. The van der Waals surface area contributed by atoms with Crippen molar-refractivity contribution in [2.75, 3.05) is 19.5 Å². The standard InChI is InChI=1S/C12H13ClFNO2/c1-17-11-10(15(7-6-13)12(11)16)8-2-4-9(14)5-3-8/h2-5,10-11H,6-7H2,1H3/t10-,11+/m0/s1. The topological polar surface area (TPSA) is 29.5 Å². The van der Waals surface area contributed by atoms with E-state index < -0.39 is 6.10 Å². The third-order valence-electron chi connectivity index (χ3n) is 2.94. The molecule has 1 saturated heterocycles. The van der Waals surface area contributed by atoms with Crippen molar-refractivity contribution in [3.05, 3.63) is 35.6 Å². The molecular formula is C12H13ClFNO2. The van der Waals surface area contributed by atoms with Crippen LogP contribution in [0.25, 0.3) is 0 Å². The zero-order valence-corrected chi connectivity index (χ0v) is 10.2. The second-order valence-electron chi connectivity index (χ2n) is 3.87. The molecule has 0 aromatic heterocycles. The fourth-order valence-electron chi connectivity index (χ4n) is 2.10. The predicted molar refractivity (Wildman–Crippen MR) is 62.4 cm³/mol. The molecule has 0 spiro atoms. The van der Waals surface area contributed by atoms with Gasteiger partial charge in [-0.05, 0) is 17.7 Å². The van der Waals surface area contributed by atoms with E-state index >= 15 is 0 Å². The van der Waals surface area contributed by atoms with Gasteiger partial charge in [0, 0.05) is 19.5 Å². The van der Waals surface area contributed by atoms with Crippen molar-refractivity contribution in [2.24, 2.45) is 0 Å². The van der Waals surface area contributed by atoms with Crippen molar-refractivity contribution >= 4 is 17.5 Å². The van der Waals surface area contributed by atoms with E-state index in [1.807, 2.05) is 0 Å². The maximum atomic E-state index is 12.8. The van der Waals surface area contributed by atoms with Crippen LogP contribution in [0.1, 0.15) is 11.6 Å². The molecule has 0 saturated carbocycles. The number of carbonyl (C=O) groups excluding carboxylic acids is 1. The first-order valence-corrected chi connectivity index (χ1v) is 5.87. The number of likely N-dealkylation sites (tertiary alicyclic amines) is 1. The number of methoxy groups -OCH3 is 1. The van der Waals surface area contributed by atoms with E-state index in [9.17, 15) is 9.18 Å². The highest BCUT2D eigenvalue weighted by Crippen LogP contribution is 2.36. The molecular weight excluding hydrogens is 245 g/mol. The molecule has 1 aliphatic rings. The van der Waals surface area contributed by atoms with E-state index in [0.717, 1.165) is 5.56 Å². The number of amides is 1. The van der Waals surface area contributed by atoms with Crippen LogP contribution in [0.2, 0.25) is 0 Å². The Morgan fingerprint density at radius 3 is 2.59 bits per heavy atom. The average molecular weight is 258 g/mol. The molecule has 0 N–H and O–H groups in total. The summed E-state index contributed by atoms with van der Waals surface area (Å²) in [7, 11) is 1.50. The van der Waals surface area contributed by atoms with Crippen LogP contribution in [0.3, 0.4) is 0 Å². The molecule has 17 heavy (non-hydrogen) atoms. The first-order valence-electron chi connectivity index (χ1n) is 5.33. The maximum Gasteiger partial charge on any atom is 0.254 e. The Hall–Kier alpha value is -1.13. The molecule has 2 rings (SSSR count). The van der Waals surface area contributed by atoms with Crippen molar-refractivity contribution in [2.45, 2.75) is 12.1 Å². The molecule has 3 nitrogen and oxygen atoms in total. The smallest absolute Gasteiger partial charge is 0.254 e. The van der Waals surface area contributed by atoms with Crippen molar-refractivity contribution in [1.82, 2.24) is 4.90 Å². The molecule has 2 atom stereocenters. The molecule has 0 bridgehead atoms. The molecule has 0 radical (unpaired) electrons. The summed E-state index contributed by atoms with van der Waals surface area (Å²) >= 11 is 5.65. The summed E-state index contributed by atoms with van der Waals surface area (Å²) in [5.74, 6) is 0.0135. The minimum Gasteiger partial charge on any atom is -0.369 e. The quantitative estimate of drug-likeness (QED) is 0.610. The molecule has 92 valence electrons. The van der Waals surface area contributed by atoms with Gasteiger partial charge in [-0.1, -0.05) is 12.1 Å². The number of alkyl halides is 1. The third kappa shape index (κ3) is 2.15. The summed E-state index contributed by atoms with van der Waals surface area (Å²) < 4.78 is 18.0. The van der Waals surface area contributed by atoms with Crippen LogP contribution >= 0.6 is 11.6 Å². The van der Waals surface area contributed by atoms with E-state index in [-0.39, 0.29) is 17.8 Å². The molecule has 1 aliphatic heterocycles. The van der Waals surface area contributed by atoms with Gasteiger partial charge in [0.25, 0.3) is 5.91 Å². The molecule has 1 aromatic rings. The zero-order valence-electron chi connectivity index (χ0n) is 9.40. The first kappa shape index (κ1) is 12.3. The molecule has 1 heterocycles. The monoisotopic (exact) mass is 257 g/mol. The van der Waals surface area contributed by atoms with Gasteiger partial charge in [-0.15, -0.1) is 11.6 Å². The predicted octanol–water partition coefficient (Wildman–Crippen LogP) is 1.96. The van der Waals surface area contributed by atoms with Crippen LogP contribution in [-0.4, -0.2) is 36.4 Å². The lowest BCUT2D eigenvalue weighted by atomic mass is 9.91. The Morgan fingerprint density at radius 2 is 2.06 bits per heavy atom.